The Hall–Kier alpha value is -2.15. The number of carbonyl (C=O) groups excluding carboxylic acids is 1. The van der Waals surface area contributed by atoms with Crippen LogP contribution in [0.2, 0.25) is 0 Å². The van der Waals surface area contributed by atoms with Crippen LogP contribution >= 0.6 is 0 Å². The molecule has 0 saturated carbocycles. The summed E-state index contributed by atoms with van der Waals surface area (Å²) in [5.74, 6) is 0.900. The molecule has 0 N–H and O–H groups in total. The van der Waals surface area contributed by atoms with E-state index in [0.717, 1.165) is 11.1 Å². The summed E-state index contributed by atoms with van der Waals surface area (Å²) in [6.07, 6.45) is 3.81. The number of hydrogen-bond donors (Lipinski definition) is 0. The van der Waals surface area contributed by atoms with Crippen molar-refractivity contribution in [2.24, 2.45) is 0 Å². The van der Waals surface area contributed by atoms with Crippen LogP contribution in [-0.2, 0) is 4.79 Å². The van der Waals surface area contributed by atoms with E-state index in [2.05, 4.69) is 0 Å². The smallest absolute Gasteiger partial charge is 0.546 e. The van der Waals surface area contributed by atoms with Crippen molar-refractivity contribution in [2.75, 3.05) is 27.9 Å². The number of aliphatic carboxylic acids is 1. The van der Waals surface area contributed by atoms with Crippen LogP contribution in [0.25, 0.3) is 12.2 Å². The molecule has 2 aromatic rings. The fraction of sp³-hybridized carbons (Fsp3) is 0.211. The van der Waals surface area contributed by atoms with Gasteiger partial charge in [0.15, 0.2) is 11.5 Å². The van der Waals surface area contributed by atoms with Crippen molar-refractivity contribution < 1.29 is 58.4 Å². The summed E-state index contributed by atoms with van der Waals surface area (Å²) in [6.45, 7) is -0.472. The van der Waals surface area contributed by atoms with E-state index in [0.29, 0.717) is 23.0 Å². The Morgan fingerprint density at radius 2 is 1.46 bits per heavy atom. The van der Waals surface area contributed by atoms with Gasteiger partial charge in [-0.25, -0.2) is 0 Å². The largest absolute Gasteiger partial charge is 1.00 e. The summed E-state index contributed by atoms with van der Waals surface area (Å²) < 4.78 is 21.0. The number of benzene rings is 2. The molecule has 6 nitrogen and oxygen atoms in total. The molecule has 0 spiro atoms. The Balaban J connectivity index is 0.00000338. The van der Waals surface area contributed by atoms with Crippen molar-refractivity contribution in [1.82, 2.24) is 0 Å². The average molecular weight is 366 g/mol. The monoisotopic (exact) mass is 366 g/mol. The number of carboxylic acid groups (broad SMARTS) is 1. The number of rotatable bonds is 8. The minimum absolute atomic E-state index is 0. The maximum absolute atomic E-state index is 10.4. The van der Waals surface area contributed by atoms with E-state index in [1.807, 2.05) is 36.4 Å². The number of carboxylic acids is 1. The standard InChI is InChI=1S/C19H20O6.Na/c1-22-16-10-14(11-17(23-2)19(16)24-3)5-4-13-6-8-15(9-7-13)25-12-18(20)21;/h4-11H,12H2,1-3H3,(H,20,21);/q;+1/p-1/b5-4+;. The maximum Gasteiger partial charge on any atom is 1.00 e. The molecule has 132 valence electrons. The first-order valence-corrected chi connectivity index (χ1v) is 7.48. The Labute approximate surface area is 174 Å². The van der Waals surface area contributed by atoms with E-state index < -0.39 is 12.6 Å². The van der Waals surface area contributed by atoms with Gasteiger partial charge in [0.05, 0.1) is 27.3 Å². The molecule has 0 aliphatic heterocycles. The molecule has 0 fully saturated rings. The van der Waals surface area contributed by atoms with Gasteiger partial charge in [-0.3, -0.25) is 0 Å². The molecule has 0 aliphatic rings. The first-order valence-electron chi connectivity index (χ1n) is 7.48. The van der Waals surface area contributed by atoms with Gasteiger partial charge in [0, 0.05) is 0 Å². The van der Waals surface area contributed by atoms with Gasteiger partial charge >= 0.3 is 29.6 Å². The topological polar surface area (TPSA) is 77.1 Å². The molecule has 0 saturated heterocycles. The van der Waals surface area contributed by atoms with Crippen molar-refractivity contribution in [3.8, 4) is 23.0 Å². The maximum atomic E-state index is 10.4. The van der Waals surface area contributed by atoms with Gasteiger partial charge in [-0.1, -0.05) is 24.3 Å². The van der Waals surface area contributed by atoms with Crippen LogP contribution in [0.3, 0.4) is 0 Å². The van der Waals surface area contributed by atoms with Crippen LogP contribution in [0.1, 0.15) is 11.1 Å². The predicted octanol–water partition coefficient (Wildman–Crippen LogP) is -0.984. The van der Waals surface area contributed by atoms with Gasteiger partial charge in [-0.2, -0.15) is 0 Å². The summed E-state index contributed by atoms with van der Waals surface area (Å²) in [4.78, 5) is 10.4. The van der Waals surface area contributed by atoms with Gasteiger partial charge in [0.2, 0.25) is 5.75 Å². The summed E-state index contributed by atoms with van der Waals surface area (Å²) in [7, 11) is 4.69. The predicted molar refractivity (Wildman–Crippen MR) is 92.0 cm³/mol. The van der Waals surface area contributed by atoms with Gasteiger partial charge in [0.25, 0.3) is 0 Å². The molecule has 0 bridgehead atoms. The number of methoxy groups -OCH3 is 3. The molecule has 0 heterocycles. The van der Waals surface area contributed by atoms with E-state index in [1.54, 1.807) is 33.5 Å². The Bertz CT molecular complexity index is 730. The second-order valence-corrected chi connectivity index (χ2v) is 5.02. The molecule has 0 aromatic heterocycles. The quantitative estimate of drug-likeness (QED) is 0.441. The SMILES string of the molecule is COc1cc(/C=C/c2ccc(OCC(=O)[O-])cc2)cc(OC)c1OC.[Na+]. The summed E-state index contributed by atoms with van der Waals surface area (Å²) >= 11 is 0. The number of ether oxygens (including phenoxy) is 4. The minimum atomic E-state index is -1.26. The summed E-state index contributed by atoms with van der Waals surface area (Å²) in [6, 6.07) is 10.7. The van der Waals surface area contributed by atoms with Gasteiger partial charge in [-0.05, 0) is 35.4 Å². The molecular weight excluding hydrogens is 347 g/mol. The number of hydrogen-bond acceptors (Lipinski definition) is 6. The Morgan fingerprint density at radius 1 is 0.923 bits per heavy atom. The van der Waals surface area contributed by atoms with Crippen molar-refractivity contribution in [3.63, 3.8) is 0 Å². The second kappa shape index (κ2) is 10.8. The Kier molecular flexibility index (Phi) is 9.05. The third-order valence-corrected chi connectivity index (χ3v) is 3.39. The van der Waals surface area contributed by atoms with E-state index in [-0.39, 0.29) is 29.6 Å². The zero-order chi connectivity index (χ0) is 18.2. The first kappa shape index (κ1) is 21.9. The van der Waals surface area contributed by atoms with Crippen molar-refractivity contribution in [3.05, 3.63) is 47.5 Å². The van der Waals surface area contributed by atoms with Gasteiger partial charge < -0.3 is 28.8 Å². The Morgan fingerprint density at radius 3 is 1.92 bits per heavy atom. The number of carbonyl (C=O) groups is 1. The van der Waals surface area contributed by atoms with Gasteiger partial charge in [0.1, 0.15) is 12.4 Å². The zero-order valence-corrected chi connectivity index (χ0v) is 17.3. The third-order valence-electron chi connectivity index (χ3n) is 3.39. The molecule has 0 aliphatic carbocycles. The van der Waals surface area contributed by atoms with E-state index >= 15 is 0 Å². The zero-order valence-electron chi connectivity index (χ0n) is 15.3. The first-order chi connectivity index (χ1) is 12.1. The van der Waals surface area contributed by atoms with Gasteiger partial charge in [-0.15, -0.1) is 0 Å². The van der Waals surface area contributed by atoms with Crippen LogP contribution in [0.15, 0.2) is 36.4 Å². The van der Waals surface area contributed by atoms with E-state index in [9.17, 15) is 9.90 Å². The minimum Gasteiger partial charge on any atom is -0.546 e. The van der Waals surface area contributed by atoms with E-state index in [4.69, 9.17) is 18.9 Å². The molecule has 2 rings (SSSR count). The fourth-order valence-corrected chi connectivity index (χ4v) is 2.21. The molecule has 0 radical (unpaired) electrons. The average Bonchev–Trinajstić information content (AvgIpc) is 2.64. The van der Waals surface area contributed by atoms with Crippen molar-refractivity contribution in [2.45, 2.75) is 0 Å². The van der Waals surface area contributed by atoms with Crippen molar-refractivity contribution >= 4 is 18.1 Å². The third kappa shape index (κ3) is 5.98. The second-order valence-electron chi connectivity index (χ2n) is 5.02. The van der Waals surface area contributed by atoms with Crippen LogP contribution in [0.4, 0.5) is 0 Å². The summed E-state index contributed by atoms with van der Waals surface area (Å²) in [5.41, 5.74) is 1.81. The molecule has 0 amide bonds. The molecule has 26 heavy (non-hydrogen) atoms. The molecule has 2 aromatic carbocycles. The molecule has 0 unspecified atom stereocenters. The van der Waals surface area contributed by atoms with Crippen molar-refractivity contribution in [1.29, 1.82) is 0 Å². The molecular formula is C19H19NaO6. The normalized spacial score (nSPS) is 10.1. The molecule has 0 atom stereocenters. The molecule has 7 heteroatoms. The van der Waals surface area contributed by atoms with Crippen LogP contribution in [-0.4, -0.2) is 33.9 Å². The van der Waals surface area contributed by atoms with E-state index in [1.165, 1.54) is 0 Å². The van der Waals surface area contributed by atoms with Crippen LogP contribution in [0.5, 0.6) is 23.0 Å². The van der Waals surface area contributed by atoms with Crippen LogP contribution in [0, 0.1) is 0 Å². The fourth-order valence-electron chi connectivity index (χ4n) is 2.21. The van der Waals surface area contributed by atoms with Crippen LogP contribution < -0.4 is 53.6 Å². The summed E-state index contributed by atoms with van der Waals surface area (Å²) in [5, 5.41) is 10.4.